The van der Waals surface area contributed by atoms with Gasteiger partial charge in [0.15, 0.2) is 0 Å². The zero-order valence-electron chi connectivity index (χ0n) is 10.3. The molecule has 0 bridgehead atoms. The van der Waals surface area contributed by atoms with E-state index in [4.69, 9.17) is 11.6 Å². The molecule has 19 heavy (non-hydrogen) atoms. The van der Waals surface area contributed by atoms with Crippen LogP contribution in [0.5, 0.6) is 0 Å². The molecule has 2 aromatic rings. The van der Waals surface area contributed by atoms with Gasteiger partial charge in [-0.15, -0.1) is 11.3 Å². The Balaban J connectivity index is 2.15. The molecule has 1 amide bonds. The molecule has 0 radical (unpaired) electrons. The summed E-state index contributed by atoms with van der Waals surface area (Å²) in [5.41, 5.74) is 0.443. The molecule has 0 unspecified atom stereocenters. The number of nitrogens with zero attached hydrogens (tertiary/aromatic N) is 2. The molecule has 0 fully saturated rings. The summed E-state index contributed by atoms with van der Waals surface area (Å²) in [4.78, 5) is 19.4. The first-order chi connectivity index (χ1) is 9.10. The first-order valence-electron chi connectivity index (χ1n) is 5.76. The third kappa shape index (κ3) is 3.78. The number of hydrogen-bond donors (Lipinski definition) is 0. The Morgan fingerprint density at radius 2 is 2.21 bits per heavy atom. The minimum Gasteiger partial charge on any atom is -0.332 e. The topological polar surface area (TPSA) is 33.2 Å². The molecule has 2 rings (SSSR count). The maximum atomic E-state index is 12.4. The normalized spacial score (nSPS) is 10.5. The highest BCUT2D eigenvalue weighted by molar-refractivity contribution is 9.10. The lowest BCUT2D eigenvalue weighted by Crippen LogP contribution is -2.30. The van der Waals surface area contributed by atoms with Crippen molar-refractivity contribution in [1.29, 1.82) is 0 Å². The van der Waals surface area contributed by atoms with Crippen molar-refractivity contribution in [3.05, 3.63) is 49.8 Å². The van der Waals surface area contributed by atoms with Gasteiger partial charge in [0.25, 0.3) is 5.91 Å². The minimum absolute atomic E-state index is 0.0756. The van der Waals surface area contributed by atoms with Gasteiger partial charge in [-0.05, 0) is 47.1 Å². The first-order valence-corrected chi connectivity index (χ1v) is 7.75. The number of pyridine rings is 1. The third-order valence-corrected chi connectivity index (χ3v) is 4.24. The number of carbonyl (C=O) groups excluding carboxylic acids is 1. The molecule has 0 atom stereocenters. The molecule has 2 heterocycles. The summed E-state index contributed by atoms with van der Waals surface area (Å²) < 4.78 is 1.40. The van der Waals surface area contributed by atoms with Gasteiger partial charge in [0.1, 0.15) is 10.3 Å². The zero-order valence-corrected chi connectivity index (χ0v) is 13.4. The molecule has 100 valence electrons. The average molecular weight is 360 g/mol. The smallest absolute Gasteiger partial charge is 0.272 e. The van der Waals surface area contributed by atoms with Crippen molar-refractivity contribution in [1.82, 2.24) is 9.88 Å². The largest absolute Gasteiger partial charge is 0.332 e. The van der Waals surface area contributed by atoms with Gasteiger partial charge in [-0.1, -0.05) is 17.7 Å². The van der Waals surface area contributed by atoms with Crippen LogP contribution in [-0.2, 0) is 6.54 Å². The number of carbonyl (C=O) groups is 1. The second kappa shape index (κ2) is 6.50. The molecule has 0 saturated carbocycles. The minimum atomic E-state index is -0.0756. The highest BCUT2D eigenvalue weighted by Crippen LogP contribution is 2.23. The van der Waals surface area contributed by atoms with Gasteiger partial charge in [-0.25, -0.2) is 4.98 Å². The van der Waals surface area contributed by atoms with Crippen molar-refractivity contribution in [3.63, 3.8) is 0 Å². The van der Waals surface area contributed by atoms with Crippen molar-refractivity contribution < 1.29 is 4.79 Å². The van der Waals surface area contributed by atoms with Crippen LogP contribution in [0.25, 0.3) is 0 Å². The van der Waals surface area contributed by atoms with E-state index in [1.165, 1.54) is 11.3 Å². The van der Waals surface area contributed by atoms with Crippen molar-refractivity contribution in [2.24, 2.45) is 0 Å². The fraction of sp³-hybridized carbons (Fsp3) is 0.231. The molecule has 6 heteroatoms. The highest BCUT2D eigenvalue weighted by atomic mass is 79.9. The molecular formula is C13H12BrClN2OS. The van der Waals surface area contributed by atoms with Crippen LogP contribution >= 0.6 is 38.9 Å². The van der Waals surface area contributed by atoms with Crippen LogP contribution < -0.4 is 0 Å². The molecule has 2 aromatic heterocycles. The number of thiophene rings is 1. The van der Waals surface area contributed by atoms with Gasteiger partial charge in [0, 0.05) is 11.4 Å². The fourth-order valence-corrected chi connectivity index (χ4v) is 3.09. The molecular weight excluding hydrogens is 348 g/mol. The van der Waals surface area contributed by atoms with E-state index in [0.717, 1.165) is 9.21 Å². The Labute approximate surface area is 129 Å². The van der Waals surface area contributed by atoms with Gasteiger partial charge >= 0.3 is 0 Å². The van der Waals surface area contributed by atoms with Crippen LogP contribution in [0, 0.1) is 0 Å². The van der Waals surface area contributed by atoms with Gasteiger partial charge in [0.05, 0.1) is 10.9 Å². The van der Waals surface area contributed by atoms with Crippen LogP contribution in [0.15, 0.2) is 34.9 Å². The number of aromatic nitrogens is 1. The maximum absolute atomic E-state index is 12.4. The molecule has 3 nitrogen and oxygen atoms in total. The summed E-state index contributed by atoms with van der Waals surface area (Å²) in [6.07, 6.45) is 0. The van der Waals surface area contributed by atoms with Crippen molar-refractivity contribution >= 4 is 44.8 Å². The van der Waals surface area contributed by atoms with Crippen LogP contribution in [0.3, 0.4) is 0 Å². The number of rotatable bonds is 4. The second-order valence-corrected chi connectivity index (χ2v) is 6.48. The summed E-state index contributed by atoms with van der Waals surface area (Å²) in [6.45, 7) is 3.13. The first kappa shape index (κ1) is 14.5. The van der Waals surface area contributed by atoms with E-state index in [1.807, 2.05) is 19.1 Å². The average Bonchev–Trinajstić information content (AvgIpc) is 2.81. The number of hydrogen-bond acceptors (Lipinski definition) is 3. The molecule has 0 aliphatic heterocycles. The van der Waals surface area contributed by atoms with Crippen molar-refractivity contribution in [2.75, 3.05) is 6.54 Å². The molecule has 0 saturated heterocycles. The van der Waals surface area contributed by atoms with Crippen LogP contribution in [-0.4, -0.2) is 22.3 Å². The predicted molar refractivity (Wildman–Crippen MR) is 81.7 cm³/mol. The van der Waals surface area contributed by atoms with E-state index >= 15 is 0 Å². The lowest BCUT2D eigenvalue weighted by molar-refractivity contribution is 0.0748. The second-order valence-electron chi connectivity index (χ2n) is 3.87. The standard InChI is InChI=1S/C13H12BrClN2OS/c1-2-17(8-9-6-7-12(15)19-9)13(18)10-4-3-5-11(14)16-10/h3-7H,2,8H2,1H3. The quantitative estimate of drug-likeness (QED) is 0.766. The van der Waals surface area contributed by atoms with E-state index in [9.17, 15) is 4.79 Å². The number of amides is 1. The van der Waals surface area contributed by atoms with E-state index < -0.39 is 0 Å². The van der Waals surface area contributed by atoms with Crippen LogP contribution in [0.4, 0.5) is 0 Å². The van der Waals surface area contributed by atoms with Gasteiger partial charge in [-0.2, -0.15) is 0 Å². The summed E-state index contributed by atoms with van der Waals surface area (Å²) in [5.74, 6) is -0.0756. The third-order valence-electron chi connectivity index (χ3n) is 2.58. The summed E-state index contributed by atoms with van der Waals surface area (Å²) in [5, 5.41) is 0. The van der Waals surface area contributed by atoms with Gasteiger partial charge < -0.3 is 4.90 Å². The summed E-state index contributed by atoms with van der Waals surface area (Å²) in [7, 11) is 0. The van der Waals surface area contributed by atoms with E-state index in [2.05, 4.69) is 20.9 Å². The molecule has 0 aliphatic rings. The molecule has 0 aromatic carbocycles. The highest BCUT2D eigenvalue weighted by Gasteiger charge is 2.16. The fourth-order valence-electron chi connectivity index (χ4n) is 1.64. The molecule has 0 N–H and O–H groups in total. The Kier molecular flexibility index (Phi) is 4.96. The Morgan fingerprint density at radius 3 is 2.79 bits per heavy atom. The summed E-state index contributed by atoms with van der Waals surface area (Å²) in [6, 6.07) is 9.11. The van der Waals surface area contributed by atoms with E-state index in [-0.39, 0.29) is 5.91 Å². The lowest BCUT2D eigenvalue weighted by atomic mass is 10.3. The Hall–Kier alpha value is -0.910. The Bertz CT molecular complexity index is 588. The van der Waals surface area contributed by atoms with Crippen molar-refractivity contribution in [2.45, 2.75) is 13.5 Å². The molecule has 0 aliphatic carbocycles. The van der Waals surface area contributed by atoms with Gasteiger partial charge in [-0.3, -0.25) is 4.79 Å². The molecule has 0 spiro atoms. The van der Waals surface area contributed by atoms with E-state index in [0.29, 0.717) is 23.4 Å². The van der Waals surface area contributed by atoms with Crippen LogP contribution in [0.2, 0.25) is 4.34 Å². The SMILES string of the molecule is CCN(Cc1ccc(Cl)s1)C(=O)c1cccc(Br)n1. The monoisotopic (exact) mass is 358 g/mol. The predicted octanol–water partition coefficient (Wildman–Crippen LogP) is 4.22. The van der Waals surface area contributed by atoms with E-state index in [1.54, 1.807) is 23.1 Å². The number of halogens is 2. The lowest BCUT2D eigenvalue weighted by Gasteiger charge is -2.19. The van der Waals surface area contributed by atoms with Crippen LogP contribution in [0.1, 0.15) is 22.3 Å². The zero-order chi connectivity index (χ0) is 13.8. The van der Waals surface area contributed by atoms with Crippen molar-refractivity contribution in [3.8, 4) is 0 Å². The van der Waals surface area contributed by atoms with Gasteiger partial charge in [0.2, 0.25) is 0 Å². The maximum Gasteiger partial charge on any atom is 0.272 e. The Morgan fingerprint density at radius 1 is 1.42 bits per heavy atom. The summed E-state index contributed by atoms with van der Waals surface area (Å²) >= 11 is 10.7.